The smallest absolute Gasteiger partial charge is 0.221 e. The quantitative estimate of drug-likeness (QED) is 0.673. The Morgan fingerprint density at radius 1 is 1.46 bits per heavy atom. The number of nitrogens with one attached hydrogen (secondary N) is 1. The summed E-state index contributed by atoms with van der Waals surface area (Å²) >= 11 is 4.19. The Morgan fingerprint density at radius 3 is 2.62 bits per heavy atom. The van der Waals surface area contributed by atoms with Gasteiger partial charge in [-0.05, 0) is 12.8 Å². The zero-order valence-corrected chi connectivity index (χ0v) is 9.15. The number of carbonyl (C=O) groups is 1. The summed E-state index contributed by atoms with van der Waals surface area (Å²) in [4.78, 5) is 11.4. The molecule has 1 atom stereocenters. The van der Waals surface area contributed by atoms with Gasteiger partial charge in [-0.1, -0.05) is 26.2 Å². The van der Waals surface area contributed by atoms with E-state index in [0.29, 0.717) is 12.5 Å². The van der Waals surface area contributed by atoms with Crippen molar-refractivity contribution in [2.75, 3.05) is 0 Å². The van der Waals surface area contributed by atoms with E-state index in [1.165, 1.54) is 19.3 Å². The van der Waals surface area contributed by atoms with Crippen molar-refractivity contribution in [3.05, 3.63) is 0 Å². The summed E-state index contributed by atoms with van der Waals surface area (Å²) in [6, 6.07) is 0.438. The largest absolute Gasteiger partial charge is 0.353 e. The highest BCUT2D eigenvalue weighted by Gasteiger charge is 2.15. The van der Waals surface area contributed by atoms with E-state index in [2.05, 4.69) is 17.9 Å². The van der Waals surface area contributed by atoms with Crippen LogP contribution in [0.2, 0.25) is 0 Å². The van der Waals surface area contributed by atoms with Crippen molar-refractivity contribution in [1.29, 1.82) is 0 Å². The Morgan fingerprint density at radius 2 is 2.08 bits per heavy atom. The third-order valence-corrected chi connectivity index (χ3v) is 2.63. The molecule has 1 saturated carbocycles. The molecule has 0 heterocycles. The van der Waals surface area contributed by atoms with Gasteiger partial charge in [0.1, 0.15) is 0 Å². The van der Waals surface area contributed by atoms with E-state index in [9.17, 15) is 4.79 Å². The molecular formula is C10H19NOS. The molecule has 0 aromatic heterocycles. The van der Waals surface area contributed by atoms with Crippen LogP contribution in [0, 0.1) is 0 Å². The average Bonchev–Trinajstić information content (AvgIpc) is 2.04. The second-order valence-corrected chi connectivity index (χ2v) is 4.84. The SMILES string of the molecule is CC(S)CC(=O)NC1CCCCC1. The molecule has 1 aliphatic carbocycles. The molecule has 3 heteroatoms. The highest BCUT2D eigenvalue weighted by molar-refractivity contribution is 7.80. The van der Waals surface area contributed by atoms with Crippen molar-refractivity contribution >= 4 is 18.5 Å². The van der Waals surface area contributed by atoms with Crippen molar-refractivity contribution in [1.82, 2.24) is 5.32 Å². The first-order chi connectivity index (χ1) is 6.18. The predicted octanol–water partition coefficient (Wildman–Crippen LogP) is 2.14. The van der Waals surface area contributed by atoms with E-state index in [4.69, 9.17) is 0 Å². The van der Waals surface area contributed by atoms with E-state index in [1.54, 1.807) is 0 Å². The second kappa shape index (κ2) is 5.53. The van der Waals surface area contributed by atoms with Crippen molar-refractivity contribution in [3.63, 3.8) is 0 Å². The van der Waals surface area contributed by atoms with Crippen LogP contribution < -0.4 is 5.32 Å². The van der Waals surface area contributed by atoms with Gasteiger partial charge in [0.15, 0.2) is 0 Å². The van der Waals surface area contributed by atoms with Crippen LogP contribution in [-0.2, 0) is 4.79 Å². The molecule has 0 radical (unpaired) electrons. The molecule has 1 aliphatic rings. The van der Waals surface area contributed by atoms with Crippen LogP contribution in [0.3, 0.4) is 0 Å². The molecule has 13 heavy (non-hydrogen) atoms. The summed E-state index contributed by atoms with van der Waals surface area (Å²) in [7, 11) is 0. The zero-order chi connectivity index (χ0) is 9.68. The second-order valence-electron chi connectivity index (χ2n) is 3.96. The van der Waals surface area contributed by atoms with E-state index in [-0.39, 0.29) is 11.2 Å². The molecule has 0 aliphatic heterocycles. The van der Waals surface area contributed by atoms with Crippen LogP contribution >= 0.6 is 12.6 Å². The van der Waals surface area contributed by atoms with Crippen LogP contribution in [-0.4, -0.2) is 17.2 Å². The lowest BCUT2D eigenvalue weighted by atomic mass is 9.95. The Bertz CT molecular complexity index is 164. The molecule has 1 fully saturated rings. The first-order valence-corrected chi connectivity index (χ1v) is 5.67. The van der Waals surface area contributed by atoms with Gasteiger partial charge in [0.2, 0.25) is 5.91 Å². The Balaban J connectivity index is 2.18. The average molecular weight is 201 g/mol. The molecule has 2 nitrogen and oxygen atoms in total. The molecule has 0 bridgehead atoms. The van der Waals surface area contributed by atoms with Gasteiger partial charge >= 0.3 is 0 Å². The first-order valence-electron chi connectivity index (χ1n) is 5.16. The highest BCUT2D eigenvalue weighted by Crippen LogP contribution is 2.17. The van der Waals surface area contributed by atoms with Crippen molar-refractivity contribution in [2.24, 2.45) is 0 Å². The summed E-state index contributed by atoms with van der Waals surface area (Å²) in [6.07, 6.45) is 6.72. The predicted molar refractivity (Wildman–Crippen MR) is 58.1 cm³/mol. The lowest BCUT2D eigenvalue weighted by Gasteiger charge is -2.23. The van der Waals surface area contributed by atoms with Crippen LogP contribution in [0.1, 0.15) is 45.4 Å². The maximum absolute atomic E-state index is 11.4. The van der Waals surface area contributed by atoms with Crippen LogP contribution in [0.4, 0.5) is 0 Å². The topological polar surface area (TPSA) is 29.1 Å². The lowest BCUT2D eigenvalue weighted by molar-refractivity contribution is -0.121. The van der Waals surface area contributed by atoms with Crippen LogP contribution in [0.25, 0.3) is 0 Å². The van der Waals surface area contributed by atoms with Gasteiger partial charge in [-0.3, -0.25) is 4.79 Å². The van der Waals surface area contributed by atoms with E-state index >= 15 is 0 Å². The maximum Gasteiger partial charge on any atom is 0.221 e. The monoisotopic (exact) mass is 201 g/mol. The zero-order valence-electron chi connectivity index (χ0n) is 8.25. The fourth-order valence-electron chi connectivity index (χ4n) is 1.80. The van der Waals surface area contributed by atoms with Gasteiger partial charge in [-0.25, -0.2) is 0 Å². The Labute approximate surface area is 85.9 Å². The number of hydrogen-bond donors (Lipinski definition) is 2. The maximum atomic E-state index is 11.4. The van der Waals surface area contributed by atoms with Gasteiger partial charge in [0.25, 0.3) is 0 Å². The third kappa shape index (κ3) is 4.55. The minimum Gasteiger partial charge on any atom is -0.353 e. The Kier molecular flexibility index (Phi) is 4.64. The lowest BCUT2D eigenvalue weighted by Crippen LogP contribution is -2.36. The summed E-state index contributed by atoms with van der Waals surface area (Å²) in [5.41, 5.74) is 0. The molecule has 1 N–H and O–H groups in total. The minimum atomic E-state index is 0.161. The number of hydrogen-bond acceptors (Lipinski definition) is 2. The van der Waals surface area contributed by atoms with Crippen molar-refractivity contribution < 1.29 is 4.79 Å². The number of amides is 1. The minimum absolute atomic E-state index is 0.161. The molecule has 0 saturated heterocycles. The summed E-state index contributed by atoms with van der Waals surface area (Å²) in [5.74, 6) is 0.161. The van der Waals surface area contributed by atoms with Crippen LogP contribution in [0.5, 0.6) is 0 Å². The molecule has 1 unspecified atom stereocenters. The first kappa shape index (κ1) is 10.9. The molecule has 1 rings (SSSR count). The van der Waals surface area contributed by atoms with Gasteiger partial charge in [-0.2, -0.15) is 12.6 Å². The van der Waals surface area contributed by atoms with Gasteiger partial charge in [0.05, 0.1) is 0 Å². The van der Waals surface area contributed by atoms with E-state index in [0.717, 1.165) is 12.8 Å². The molecule has 0 aromatic carbocycles. The molecule has 0 aromatic rings. The summed E-state index contributed by atoms with van der Waals surface area (Å²) in [5, 5.41) is 3.23. The highest BCUT2D eigenvalue weighted by atomic mass is 32.1. The fraction of sp³-hybridized carbons (Fsp3) is 0.900. The molecule has 0 spiro atoms. The summed E-state index contributed by atoms with van der Waals surface area (Å²) < 4.78 is 0. The molecule has 1 amide bonds. The normalized spacial score (nSPS) is 21.1. The van der Waals surface area contributed by atoms with E-state index < -0.39 is 0 Å². The molecule has 76 valence electrons. The van der Waals surface area contributed by atoms with Crippen molar-refractivity contribution in [3.8, 4) is 0 Å². The Hall–Kier alpha value is -0.180. The van der Waals surface area contributed by atoms with Crippen LogP contribution in [0.15, 0.2) is 0 Å². The van der Waals surface area contributed by atoms with Gasteiger partial charge in [-0.15, -0.1) is 0 Å². The fourth-order valence-corrected chi connectivity index (χ4v) is 1.97. The van der Waals surface area contributed by atoms with E-state index in [1.807, 2.05) is 6.92 Å². The van der Waals surface area contributed by atoms with Crippen molar-refractivity contribution in [2.45, 2.75) is 56.7 Å². The summed E-state index contributed by atoms with van der Waals surface area (Å²) in [6.45, 7) is 1.95. The number of carbonyl (C=O) groups excluding carboxylic acids is 1. The number of rotatable bonds is 3. The van der Waals surface area contributed by atoms with Gasteiger partial charge < -0.3 is 5.32 Å². The third-order valence-electron chi connectivity index (χ3n) is 2.45. The number of thiol groups is 1. The molecular weight excluding hydrogens is 182 g/mol. The standard InChI is InChI=1S/C10H19NOS/c1-8(13)7-10(12)11-9-5-3-2-4-6-9/h8-9,13H,2-7H2,1H3,(H,11,12). The van der Waals surface area contributed by atoms with Gasteiger partial charge in [0, 0.05) is 17.7 Å².